The molecule has 2 nitrogen and oxygen atoms in total. The van der Waals surface area contributed by atoms with Gasteiger partial charge in [-0.1, -0.05) is 48.2 Å². The van der Waals surface area contributed by atoms with Crippen LogP contribution in [0.1, 0.15) is 11.3 Å². The molecule has 0 aliphatic carbocycles. The van der Waals surface area contributed by atoms with E-state index in [0.717, 1.165) is 17.0 Å². The van der Waals surface area contributed by atoms with Crippen LogP contribution in [-0.4, -0.2) is 6.54 Å². The Bertz CT molecular complexity index is 737. The summed E-state index contributed by atoms with van der Waals surface area (Å²) in [6, 6.07) is 24.2. The number of hydrogen-bond acceptors (Lipinski definition) is 2. The van der Waals surface area contributed by atoms with Crippen LogP contribution in [0.5, 0.6) is 0 Å². The van der Waals surface area contributed by atoms with Gasteiger partial charge in [0.15, 0.2) is 0 Å². The van der Waals surface area contributed by atoms with Gasteiger partial charge in [-0.2, -0.15) is 0 Å². The Balaban J connectivity index is 1.76. The highest BCUT2D eigenvalue weighted by molar-refractivity contribution is 5.48. The van der Waals surface area contributed by atoms with Gasteiger partial charge in [-0.05, 0) is 36.4 Å². The summed E-state index contributed by atoms with van der Waals surface area (Å²) >= 11 is 0. The molecule has 0 aliphatic rings. The van der Waals surface area contributed by atoms with E-state index in [2.05, 4.69) is 28.9 Å². The average molecular weight is 287 g/mol. The van der Waals surface area contributed by atoms with E-state index in [4.69, 9.17) is 4.42 Å². The van der Waals surface area contributed by atoms with Crippen LogP contribution in [0.3, 0.4) is 0 Å². The van der Waals surface area contributed by atoms with Crippen LogP contribution in [0.4, 0.5) is 5.69 Å². The third-order valence-corrected chi connectivity index (χ3v) is 3.32. The van der Waals surface area contributed by atoms with Gasteiger partial charge in [-0.3, -0.25) is 0 Å². The van der Waals surface area contributed by atoms with E-state index in [0.29, 0.717) is 13.1 Å². The van der Waals surface area contributed by atoms with Crippen LogP contribution in [0.2, 0.25) is 0 Å². The SMILES string of the molecule is C(#Cc1ccccc1)CN(Cc1ccco1)c1ccccc1. The Hall–Kier alpha value is -2.92. The molecule has 2 aromatic carbocycles. The van der Waals surface area contributed by atoms with Crippen LogP contribution in [-0.2, 0) is 6.54 Å². The molecule has 1 heterocycles. The standard InChI is InChI=1S/C20H17NO/c1-3-9-18(10-4-1)11-7-15-21(17-20-14-8-16-22-20)19-12-5-2-6-13-19/h1-6,8-10,12-14,16H,15,17H2. The van der Waals surface area contributed by atoms with Gasteiger partial charge in [-0.15, -0.1) is 0 Å². The van der Waals surface area contributed by atoms with E-state index in [1.54, 1.807) is 6.26 Å². The summed E-state index contributed by atoms with van der Waals surface area (Å²) in [6.07, 6.45) is 1.70. The Labute approximate surface area is 131 Å². The molecule has 2 heteroatoms. The molecule has 0 spiro atoms. The Morgan fingerprint density at radius 1 is 0.818 bits per heavy atom. The molecule has 3 rings (SSSR count). The Morgan fingerprint density at radius 3 is 2.23 bits per heavy atom. The number of para-hydroxylation sites is 1. The number of anilines is 1. The Morgan fingerprint density at radius 2 is 1.55 bits per heavy atom. The van der Waals surface area contributed by atoms with Gasteiger partial charge in [0, 0.05) is 11.3 Å². The van der Waals surface area contributed by atoms with E-state index in [1.807, 2.05) is 60.7 Å². The molecule has 1 aromatic heterocycles. The number of benzene rings is 2. The van der Waals surface area contributed by atoms with Crippen molar-refractivity contribution < 1.29 is 4.42 Å². The van der Waals surface area contributed by atoms with Crippen LogP contribution in [0, 0.1) is 11.8 Å². The minimum Gasteiger partial charge on any atom is -0.467 e. The largest absolute Gasteiger partial charge is 0.467 e. The van der Waals surface area contributed by atoms with Crippen molar-refractivity contribution in [1.82, 2.24) is 0 Å². The number of nitrogens with zero attached hydrogens (tertiary/aromatic N) is 1. The number of furan rings is 1. The number of hydrogen-bond donors (Lipinski definition) is 0. The molecule has 0 N–H and O–H groups in total. The van der Waals surface area contributed by atoms with E-state index in [1.165, 1.54) is 0 Å². The zero-order valence-corrected chi connectivity index (χ0v) is 12.3. The monoisotopic (exact) mass is 287 g/mol. The lowest BCUT2D eigenvalue weighted by atomic mass is 10.2. The van der Waals surface area contributed by atoms with E-state index in [9.17, 15) is 0 Å². The van der Waals surface area contributed by atoms with Crippen molar-refractivity contribution in [3.05, 3.63) is 90.4 Å². The predicted octanol–water partition coefficient (Wildman–Crippen LogP) is 4.34. The fourth-order valence-corrected chi connectivity index (χ4v) is 2.23. The number of rotatable bonds is 4. The quantitative estimate of drug-likeness (QED) is 0.664. The van der Waals surface area contributed by atoms with Gasteiger partial charge < -0.3 is 9.32 Å². The van der Waals surface area contributed by atoms with Gasteiger partial charge in [0.25, 0.3) is 0 Å². The molecule has 3 aromatic rings. The smallest absolute Gasteiger partial charge is 0.123 e. The van der Waals surface area contributed by atoms with E-state index < -0.39 is 0 Å². The first-order valence-corrected chi connectivity index (χ1v) is 7.28. The fourth-order valence-electron chi connectivity index (χ4n) is 2.23. The molecule has 0 radical (unpaired) electrons. The summed E-state index contributed by atoms with van der Waals surface area (Å²) in [7, 11) is 0. The van der Waals surface area contributed by atoms with Crippen LogP contribution < -0.4 is 4.90 Å². The third kappa shape index (κ3) is 3.80. The molecular weight excluding hydrogens is 270 g/mol. The predicted molar refractivity (Wildman–Crippen MR) is 89.5 cm³/mol. The van der Waals surface area contributed by atoms with Crippen LogP contribution in [0.25, 0.3) is 0 Å². The van der Waals surface area contributed by atoms with Gasteiger partial charge in [0.2, 0.25) is 0 Å². The lowest BCUT2D eigenvalue weighted by Gasteiger charge is -2.21. The second-order valence-electron chi connectivity index (χ2n) is 4.94. The topological polar surface area (TPSA) is 16.4 Å². The van der Waals surface area contributed by atoms with Crippen molar-refractivity contribution in [3.8, 4) is 11.8 Å². The Kier molecular flexibility index (Phi) is 4.59. The minimum atomic E-state index is 0.652. The van der Waals surface area contributed by atoms with E-state index >= 15 is 0 Å². The first-order chi connectivity index (χ1) is 10.9. The fraction of sp³-hybridized carbons (Fsp3) is 0.100. The van der Waals surface area contributed by atoms with Crippen molar-refractivity contribution in [1.29, 1.82) is 0 Å². The maximum absolute atomic E-state index is 5.46. The van der Waals surface area contributed by atoms with Crippen molar-refractivity contribution >= 4 is 5.69 Å². The molecule has 0 fully saturated rings. The maximum atomic E-state index is 5.46. The minimum absolute atomic E-state index is 0.652. The summed E-state index contributed by atoms with van der Waals surface area (Å²) in [6.45, 7) is 1.36. The molecule has 0 atom stereocenters. The lowest BCUT2D eigenvalue weighted by molar-refractivity contribution is 0.505. The molecule has 0 aliphatic heterocycles. The highest BCUT2D eigenvalue weighted by Crippen LogP contribution is 2.16. The maximum Gasteiger partial charge on any atom is 0.123 e. The molecule has 22 heavy (non-hydrogen) atoms. The van der Waals surface area contributed by atoms with Crippen molar-refractivity contribution in [2.24, 2.45) is 0 Å². The van der Waals surface area contributed by atoms with Gasteiger partial charge >= 0.3 is 0 Å². The summed E-state index contributed by atoms with van der Waals surface area (Å²) in [4.78, 5) is 2.20. The second kappa shape index (κ2) is 7.19. The van der Waals surface area contributed by atoms with E-state index in [-0.39, 0.29) is 0 Å². The van der Waals surface area contributed by atoms with Gasteiger partial charge in [-0.25, -0.2) is 0 Å². The van der Waals surface area contributed by atoms with Gasteiger partial charge in [0.1, 0.15) is 5.76 Å². The highest BCUT2D eigenvalue weighted by Gasteiger charge is 2.07. The molecule has 0 saturated carbocycles. The van der Waals surface area contributed by atoms with Crippen molar-refractivity contribution in [3.63, 3.8) is 0 Å². The van der Waals surface area contributed by atoms with Crippen LogP contribution in [0.15, 0.2) is 83.5 Å². The average Bonchev–Trinajstić information content (AvgIpc) is 3.09. The summed E-state index contributed by atoms with van der Waals surface area (Å²) in [5.41, 5.74) is 2.18. The van der Waals surface area contributed by atoms with Crippen LogP contribution >= 0.6 is 0 Å². The lowest BCUT2D eigenvalue weighted by Crippen LogP contribution is -2.22. The zero-order chi connectivity index (χ0) is 15.0. The van der Waals surface area contributed by atoms with Crippen molar-refractivity contribution in [2.45, 2.75) is 6.54 Å². The molecular formula is C20H17NO. The molecule has 0 unspecified atom stereocenters. The highest BCUT2D eigenvalue weighted by atomic mass is 16.3. The summed E-state index contributed by atoms with van der Waals surface area (Å²) < 4.78 is 5.46. The molecule has 108 valence electrons. The molecule has 0 bridgehead atoms. The molecule has 0 amide bonds. The summed E-state index contributed by atoms with van der Waals surface area (Å²) in [5.74, 6) is 7.38. The second-order valence-corrected chi connectivity index (χ2v) is 4.94. The zero-order valence-electron chi connectivity index (χ0n) is 12.3. The summed E-state index contributed by atoms with van der Waals surface area (Å²) in [5, 5.41) is 0. The first-order valence-electron chi connectivity index (χ1n) is 7.28. The normalized spacial score (nSPS) is 9.82. The first kappa shape index (κ1) is 14.0. The molecule has 0 saturated heterocycles. The van der Waals surface area contributed by atoms with Gasteiger partial charge in [0.05, 0.1) is 19.4 Å². The third-order valence-electron chi connectivity index (χ3n) is 3.32. The van der Waals surface area contributed by atoms with Crippen molar-refractivity contribution in [2.75, 3.05) is 11.4 Å².